The van der Waals surface area contributed by atoms with Crippen LogP contribution < -0.4 is 25.0 Å². The molecule has 168 valence electrons. The number of hydrogen-bond acceptors (Lipinski definition) is 7. The Morgan fingerprint density at radius 2 is 1.71 bits per heavy atom. The third-order valence-corrected chi connectivity index (χ3v) is 5.54. The van der Waals surface area contributed by atoms with Gasteiger partial charge in [0.25, 0.3) is 0 Å². The summed E-state index contributed by atoms with van der Waals surface area (Å²) < 4.78 is 10.6. The van der Waals surface area contributed by atoms with E-state index in [4.69, 9.17) is 9.47 Å². The van der Waals surface area contributed by atoms with Crippen molar-refractivity contribution >= 4 is 17.5 Å². The predicted octanol–water partition coefficient (Wildman–Crippen LogP) is 2.95. The number of rotatable bonds is 8. The van der Waals surface area contributed by atoms with Gasteiger partial charge in [-0.25, -0.2) is 9.97 Å². The molecule has 8 heteroatoms. The highest BCUT2D eigenvalue weighted by molar-refractivity contribution is 5.79. The summed E-state index contributed by atoms with van der Waals surface area (Å²) in [6.07, 6.45) is 4.19. The van der Waals surface area contributed by atoms with Crippen LogP contribution in [0.15, 0.2) is 24.3 Å². The van der Waals surface area contributed by atoms with Gasteiger partial charge >= 0.3 is 0 Å². The van der Waals surface area contributed by atoms with Gasteiger partial charge in [0.05, 0.1) is 20.6 Å². The van der Waals surface area contributed by atoms with Gasteiger partial charge in [0.15, 0.2) is 11.5 Å². The topological polar surface area (TPSA) is 88.6 Å². The standard InChI is InChI=1S/C23H33N5O3/c1-15-24-21(14-22(25-15)28(2)3)26-17-7-9-18(10-8-17)27-23(29)13-16-6-11-19(30-4)20(12-16)31-5/h6,11-12,14,17-18H,7-10,13H2,1-5H3,(H,27,29)(H,24,25,26). The Morgan fingerprint density at radius 3 is 2.35 bits per heavy atom. The molecule has 1 saturated carbocycles. The first-order chi connectivity index (χ1) is 14.9. The van der Waals surface area contributed by atoms with Crippen molar-refractivity contribution in [1.82, 2.24) is 15.3 Å². The van der Waals surface area contributed by atoms with E-state index in [1.807, 2.05) is 50.2 Å². The van der Waals surface area contributed by atoms with Gasteiger partial charge in [-0.3, -0.25) is 4.79 Å². The van der Waals surface area contributed by atoms with E-state index in [2.05, 4.69) is 20.6 Å². The molecule has 31 heavy (non-hydrogen) atoms. The summed E-state index contributed by atoms with van der Waals surface area (Å²) in [7, 11) is 7.14. The third-order valence-electron chi connectivity index (χ3n) is 5.54. The maximum Gasteiger partial charge on any atom is 0.224 e. The van der Waals surface area contributed by atoms with E-state index in [1.54, 1.807) is 14.2 Å². The zero-order chi connectivity index (χ0) is 22.4. The number of anilines is 2. The Bertz CT molecular complexity index is 895. The normalized spacial score (nSPS) is 18.2. The van der Waals surface area contributed by atoms with E-state index in [0.29, 0.717) is 24.0 Å². The molecule has 1 aliphatic rings. The lowest BCUT2D eigenvalue weighted by Crippen LogP contribution is -2.40. The number of carbonyl (C=O) groups is 1. The minimum Gasteiger partial charge on any atom is -0.493 e. The zero-order valence-corrected chi connectivity index (χ0v) is 19.1. The maximum absolute atomic E-state index is 12.5. The number of nitrogens with zero attached hydrogens (tertiary/aromatic N) is 3. The number of aromatic nitrogens is 2. The van der Waals surface area contributed by atoms with Gasteiger partial charge < -0.3 is 25.0 Å². The smallest absolute Gasteiger partial charge is 0.224 e. The Hall–Kier alpha value is -3.03. The molecular weight excluding hydrogens is 394 g/mol. The molecule has 1 heterocycles. The molecule has 1 fully saturated rings. The van der Waals surface area contributed by atoms with Crippen molar-refractivity contribution < 1.29 is 14.3 Å². The Kier molecular flexibility index (Phi) is 7.55. The van der Waals surface area contributed by atoms with Crippen molar-refractivity contribution in [2.45, 2.75) is 51.1 Å². The second-order valence-corrected chi connectivity index (χ2v) is 8.18. The van der Waals surface area contributed by atoms with Crippen LogP contribution in [0.3, 0.4) is 0 Å². The quantitative estimate of drug-likeness (QED) is 0.670. The molecule has 1 aliphatic carbocycles. The molecule has 0 radical (unpaired) electrons. The van der Waals surface area contributed by atoms with Crippen LogP contribution in [0.2, 0.25) is 0 Å². The summed E-state index contributed by atoms with van der Waals surface area (Å²) in [5.74, 6) is 3.84. The van der Waals surface area contributed by atoms with Crippen molar-refractivity contribution in [3.63, 3.8) is 0 Å². The monoisotopic (exact) mass is 427 g/mol. The van der Waals surface area contributed by atoms with Crippen LogP contribution in [0.5, 0.6) is 11.5 Å². The predicted molar refractivity (Wildman–Crippen MR) is 122 cm³/mol. The summed E-state index contributed by atoms with van der Waals surface area (Å²) >= 11 is 0. The fourth-order valence-corrected chi connectivity index (χ4v) is 3.90. The summed E-state index contributed by atoms with van der Waals surface area (Å²) in [5, 5.41) is 6.72. The number of methoxy groups -OCH3 is 2. The number of aryl methyl sites for hydroxylation is 1. The highest BCUT2D eigenvalue weighted by Crippen LogP contribution is 2.28. The minimum atomic E-state index is 0.0330. The van der Waals surface area contributed by atoms with Crippen LogP contribution in [-0.2, 0) is 11.2 Å². The molecule has 1 aromatic carbocycles. The van der Waals surface area contributed by atoms with Gasteiger partial charge in [-0.15, -0.1) is 0 Å². The molecule has 0 bridgehead atoms. The molecule has 3 rings (SSSR count). The van der Waals surface area contributed by atoms with Crippen molar-refractivity contribution in [2.75, 3.05) is 38.5 Å². The summed E-state index contributed by atoms with van der Waals surface area (Å²) in [6, 6.07) is 8.11. The molecule has 0 saturated heterocycles. The zero-order valence-electron chi connectivity index (χ0n) is 19.1. The average molecular weight is 428 g/mol. The molecule has 0 atom stereocenters. The Balaban J connectivity index is 1.48. The first-order valence-electron chi connectivity index (χ1n) is 10.7. The SMILES string of the molecule is COc1ccc(CC(=O)NC2CCC(Nc3cc(N(C)C)nc(C)n3)CC2)cc1OC. The Morgan fingerprint density at radius 1 is 1.03 bits per heavy atom. The van der Waals surface area contributed by atoms with Crippen molar-refractivity contribution in [2.24, 2.45) is 0 Å². The molecule has 0 spiro atoms. The second kappa shape index (κ2) is 10.3. The minimum absolute atomic E-state index is 0.0330. The van der Waals surface area contributed by atoms with E-state index < -0.39 is 0 Å². The molecule has 2 aromatic rings. The molecule has 1 amide bonds. The number of hydrogen-bond donors (Lipinski definition) is 2. The van der Waals surface area contributed by atoms with Crippen molar-refractivity contribution in [3.05, 3.63) is 35.7 Å². The fourth-order valence-electron chi connectivity index (χ4n) is 3.90. The molecule has 8 nitrogen and oxygen atoms in total. The van der Waals surface area contributed by atoms with Gasteiger partial charge in [0, 0.05) is 32.2 Å². The highest BCUT2D eigenvalue weighted by Gasteiger charge is 2.23. The number of nitrogens with one attached hydrogen (secondary N) is 2. The lowest BCUT2D eigenvalue weighted by atomic mass is 9.91. The van der Waals surface area contributed by atoms with Crippen LogP contribution in [-0.4, -0.2) is 56.3 Å². The second-order valence-electron chi connectivity index (χ2n) is 8.18. The lowest BCUT2D eigenvalue weighted by Gasteiger charge is -2.30. The van der Waals surface area contributed by atoms with Crippen molar-refractivity contribution in [1.29, 1.82) is 0 Å². The van der Waals surface area contributed by atoms with E-state index in [1.165, 1.54) is 0 Å². The molecule has 2 N–H and O–H groups in total. The molecule has 0 unspecified atom stereocenters. The van der Waals surface area contributed by atoms with Crippen molar-refractivity contribution in [3.8, 4) is 11.5 Å². The van der Waals surface area contributed by atoms with Crippen LogP contribution in [0.1, 0.15) is 37.1 Å². The maximum atomic E-state index is 12.5. The van der Waals surface area contributed by atoms with Gasteiger partial charge in [0.1, 0.15) is 17.5 Å². The summed E-state index contributed by atoms with van der Waals surface area (Å²) in [6.45, 7) is 1.91. The number of ether oxygens (including phenoxy) is 2. The first-order valence-corrected chi connectivity index (χ1v) is 10.7. The highest BCUT2D eigenvalue weighted by atomic mass is 16.5. The molecular formula is C23H33N5O3. The van der Waals surface area contributed by atoms with Gasteiger partial charge in [-0.05, 0) is 50.3 Å². The van der Waals surface area contributed by atoms with E-state index >= 15 is 0 Å². The fraction of sp³-hybridized carbons (Fsp3) is 0.522. The summed E-state index contributed by atoms with van der Waals surface area (Å²) in [4.78, 5) is 23.5. The number of amides is 1. The van der Waals surface area contributed by atoms with Gasteiger partial charge in [0.2, 0.25) is 5.91 Å². The average Bonchev–Trinajstić information content (AvgIpc) is 2.74. The Labute approximate surface area is 184 Å². The van der Waals surface area contributed by atoms with Gasteiger partial charge in [-0.1, -0.05) is 6.07 Å². The first kappa shape index (κ1) is 22.7. The largest absolute Gasteiger partial charge is 0.493 e. The van der Waals surface area contributed by atoms with Crippen LogP contribution in [0.4, 0.5) is 11.6 Å². The molecule has 0 aliphatic heterocycles. The lowest BCUT2D eigenvalue weighted by molar-refractivity contribution is -0.121. The van der Waals surface area contributed by atoms with E-state index in [0.717, 1.165) is 48.7 Å². The third kappa shape index (κ3) is 6.23. The van der Waals surface area contributed by atoms with Crippen LogP contribution in [0, 0.1) is 6.92 Å². The van der Waals surface area contributed by atoms with Crippen LogP contribution >= 0.6 is 0 Å². The van der Waals surface area contributed by atoms with Crippen LogP contribution in [0.25, 0.3) is 0 Å². The van der Waals surface area contributed by atoms with Gasteiger partial charge in [-0.2, -0.15) is 0 Å². The number of benzene rings is 1. The summed E-state index contributed by atoms with van der Waals surface area (Å²) in [5.41, 5.74) is 0.904. The van der Waals surface area contributed by atoms with E-state index in [-0.39, 0.29) is 11.9 Å². The van der Waals surface area contributed by atoms with E-state index in [9.17, 15) is 4.79 Å². The number of carbonyl (C=O) groups excluding carboxylic acids is 1. The molecule has 1 aromatic heterocycles.